The van der Waals surface area contributed by atoms with Crippen molar-refractivity contribution in [3.8, 4) is 0 Å². The maximum absolute atomic E-state index is 12.1. The largest absolute Gasteiger partial charge is 0.269 e. The second-order valence-electron chi connectivity index (χ2n) is 3.25. The highest BCUT2D eigenvalue weighted by Gasteiger charge is 2.24. The Bertz CT molecular complexity index is 244. The fourth-order valence-electron chi connectivity index (χ4n) is 1.80. The molecule has 0 unspecified atom stereocenters. The highest BCUT2D eigenvalue weighted by molar-refractivity contribution is 5.33. The zero-order valence-electron chi connectivity index (χ0n) is 6.29. The summed E-state index contributed by atoms with van der Waals surface area (Å²) >= 11 is 0. The molecule has 0 saturated heterocycles. The van der Waals surface area contributed by atoms with Crippen LogP contribution in [0, 0.1) is 0 Å². The zero-order chi connectivity index (χ0) is 7.84. The summed E-state index contributed by atoms with van der Waals surface area (Å²) in [6.45, 7) is 0. The zero-order valence-corrected chi connectivity index (χ0v) is 6.29. The van der Waals surface area contributed by atoms with E-state index in [2.05, 4.69) is 0 Å². The third-order valence-corrected chi connectivity index (χ3v) is 2.65. The van der Waals surface area contributed by atoms with Crippen molar-refractivity contribution in [3.63, 3.8) is 0 Å². The van der Waals surface area contributed by atoms with Gasteiger partial charge in [0.15, 0.2) is 0 Å². The maximum Gasteiger partial charge on any atom is 0.269 e. The van der Waals surface area contributed by atoms with Gasteiger partial charge in [0, 0.05) is 0 Å². The Morgan fingerprint density at radius 3 is 2.00 bits per heavy atom. The van der Waals surface area contributed by atoms with Gasteiger partial charge in [0.1, 0.15) is 0 Å². The van der Waals surface area contributed by atoms with Gasteiger partial charge in [-0.05, 0) is 37.7 Å². The normalized spacial score (nSPS) is 22.9. The van der Waals surface area contributed by atoms with Gasteiger partial charge < -0.3 is 0 Å². The fourth-order valence-corrected chi connectivity index (χ4v) is 1.80. The number of halogens is 2. The molecule has 0 saturated carbocycles. The summed E-state index contributed by atoms with van der Waals surface area (Å²) in [5.74, 6) is 0. The molecule has 0 aromatic carbocycles. The molecule has 0 N–H and O–H groups in total. The van der Waals surface area contributed by atoms with Gasteiger partial charge in [0.05, 0.1) is 0 Å². The maximum atomic E-state index is 12.1. The van der Waals surface area contributed by atoms with E-state index in [0.717, 1.165) is 19.3 Å². The molecular weight excluding hydrogens is 146 g/mol. The Morgan fingerprint density at radius 1 is 0.909 bits per heavy atom. The van der Waals surface area contributed by atoms with Crippen LogP contribution in [-0.4, -0.2) is 0 Å². The molecule has 0 spiro atoms. The standard InChI is InChI=1S/C9H10F2/c10-9(11)8-4-2-6-1-3-7(6)5-8/h1-5H2. The van der Waals surface area contributed by atoms with Gasteiger partial charge in [-0.15, -0.1) is 0 Å². The first kappa shape index (κ1) is 7.01. The lowest BCUT2D eigenvalue weighted by Gasteiger charge is -2.29. The predicted octanol–water partition coefficient (Wildman–Crippen LogP) is 3.41. The third-order valence-electron chi connectivity index (χ3n) is 2.65. The highest BCUT2D eigenvalue weighted by atomic mass is 19.3. The van der Waals surface area contributed by atoms with E-state index >= 15 is 0 Å². The summed E-state index contributed by atoms with van der Waals surface area (Å²) in [6.07, 6.45) is 2.84. The van der Waals surface area contributed by atoms with E-state index in [1.165, 1.54) is 11.1 Å². The van der Waals surface area contributed by atoms with Crippen LogP contribution in [0.5, 0.6) is 0 Å². The molecule has 0 heterocycles. The van der Waals surface area contributed by atoms with Crippen LogP contribution in [0.25, 0.3) is 0 Å². The summed E-state index contributed by atoms with van der Waals surface area (Å²) in [5.41, 5.74) is 3.12. The lowest BCUT2D eigenvalue weighted by molar-refractivity contribution is 0.400. The molecule has 0 aliphatic heterocycles. The smallest absolute Gasteiger partial charge is 0.173 e. The van der Waals surface area contributed by atoms with Crippen molar-refractivity contribution < 1.29 is 8.78 Å². The second-order valence-corrected chi connectivity index (χ2v) is 3.25. The van der Waals surface area contributed by atoms with Gasteiger partial charge in [-0.3, -0.25) is 0 Å². The topological polar surface area (TPSA) is 0 Å². The molecule has 0 aromatic heterocycles. The number of rotatable bonds is 0. The van der Waals surface area contributed by atoms with Gasteiger partial charge >= 0.3 is 0 Å². The number of hydrogen-bond donors (Lipinski definition) is 0. The molecule has 2 aliphatic rings. The van der Waals surface area contributed by atoms with Crippen LogP contribution in [0.2, 0.25) is 0 Å². The third kappa shape index (κ3) is 1.10. The van der Waals surface area contributed by atoms with Crippen LogP contribution >= 0.6 is 0 Å². The minimum absolute atomic E-state index is 0.378. The fraction of sp³-hybridized carbons (Fsp3) is 0.556. The molecule has 11 heavy (non-hydrogen) atoms. The van der Waals surface area contributed by atoms with E-state index in [4.69, 9.17) is 0 Å². The van der Waals surface area contributed by atoms with Crippen molar-refractivity contribution in [1.82, 2.24) is 0 Å². The summed E-state index contributed by atoms with van der Waals surface area (Å²) in [7, 11) is 0. The minimum Gasteiger partial charge on any atom is -0.173 e. The summed E-state index contributed by atoms with van der Waals surface area (Å²) < 4.78 is 24.2. The molecule has 0 bridgehead atoms. The highest BCUT2D eigenvalue weighted by Crippen LogP contribution is 2.42. The molecule has 2 heteroatoms. The Hall–Kier alpha value is -0.660. The van der Waals surface area contributed by atoms with E-state index < -0.39 is 6.08 Å². The van der Waals surface area contributed by atoms with E-state index in [0.29, 0.717) is 18.4 Å². The lowest BCUT2D eigenvalue weighted by atomic mass is 9.76. The molecule has 0 aromatic rings. The van der Waals surface area contributed by atoms with Gasteiger partial charge in [0.25, 0.3) is 6.08 Å². The Balaban J connectivity index is 2.19. The lowest BCUT2D eigenvalue weighted by Crippen LogP contribution is -2.11. The average Bonchev–Trinajstić information content (AvgIpc) is 1.91. The minimum atomic E-state index is -1.44. The van der Waals surface area contributed by atoms with E-state index in [9.17, 15) is 8.78 Å². The SMILES string of the molecule is FC(F)=C1CCC2=C(CC2)C1. The van der Waals surface area contributed by atoms with E-state index in [-0.39, 0.29) is 0 Å². The average molecular weight is 156 g/mol. The molecule has 0 amide bonds. The van der Waals surface area contributed by atoms with E-state index in [1.807, 2.05) is 0 Å². The molecule has 0 radical (unpaired) electrons. The van der Waals surface area contributed by atoms with Crippen molar-refractivity contribution >= 4 is 0 Å². The van der Waals surface area contributed by atoms with Crippen LogP contribution in [0.15, 0.2) is 22.8 Å². The van der Waals surface area contributed by atoms with Gasteiger partial charge in [-0.25, -0.2) is 0 Å². The molecule has 2 rings (SSSR count). The summed E-state index contributed by atoms with van der Waals surface area (Å²) in [4.78, 5) is 0. The summed E-state index contributed by atoms with van der Waals surface area (Å²) in [5, 5.41) is 0. The van der Waals surface area contributed by atoms with Crippen LogP contribution in [0.1, 0.15) is 32.1 Å². The van der Waals surface area contributed by atoms with E-state index in [1.54, 1.807) is 0 Å². The molecule has 60 valence electrons. The first-order chi connectivity index (χ1) is 5.27. The Morgan fingerprint density at radius 2 is 1.55 bits per heavy atom. The van der Waals surface area contributed by atoms with Gasteiger partial charge in [-0.1, -0.05) is 11.1 Å². The van der Waals surface area contributed by atoms with Crippen LogP contribution in [0.4, 0.5) is 8.78 Å². The molecule has 0 atom stereocenters. The number of hydrogen-bond acceptors (Lipinski definition) is 0. The second kappa shape index (κ2) is 2.43. The number of allylic oxidation sites excluding steroid dienone is 3. The van der Waals surface area contributed by atoms with Crippen molar-refractivity contribution in [2.45, 2.75) is 32.1 Å². The van der Waals surface area contributed by atoms with Crippen molar-refractivity contribution in [1.29, 1.82) is 0 Å². The van der Waals surface area contributed by atoms with Crippen LogP contribution < -0.4 is 0 Å². The Labute approximate surface area is 64.6 Å². The van der Waals surface area contributed by atoms with Gasteiger partial charge in [-0.2, -0.15) is 8.78 Å². The first-order valence-corrected chi connectivity index (χ1v) is 4.00. The van der Waals surface area contributed by atoms with Crippen molar-refractivity contribution in [3.05, 3.63) is 22.8 Å². The first-order valence-electron chi connectivity index (χ1n) is 4.00. The Kier molecular flexibility index (Phi) is 1.55. The summed E-state index contributed by atoms with van der Waals surface area (Å²) in [6, 6.07) is 0. The monoisotopic (exact) mass is 156 g/mol. The van der Waals surface area contributed by atoms with Gasteiger partial charge in [0.2, 0.25) is 0 Å². The van der Waals surface area contributed by atoms with Crippen LogP contribution in [-0.2, 0) is 0 Å². The molecule has 2 aliphatic carbocycles. The molecule has 0 nitrogen and oxygen atoms in total. The quantitative estimate of drug-likeness (QED) is 0.471. The van der Waals surface area contributed by atoms with Crippen molar-refractivity contribution in [2.75, 3.05) is 0 Å². The molecular formula is C9H10F2. The molecule has 0 fully saturated rings. The van der Waals surface area contributed by atoms with Crippen LogP contribution in [0.3, 0.4) is 0 Å². The predicted molar refractivity (Wildman–Crippen MR) is 39.4 cm³/mol. The van der Waals surface area contributed by atoms with Crippen molar-refractivity contribution in [2.24, 2.45) is 0 Å².